The number of rotatable bonds is 2. The molecule has 0 aliphatic heterocycles. The van der Waals surface area contributed by atoms with Crippen molar-refractivity contribution in [1.82, 2.24) is 0 Å². The van der Waals surface area contributed by atoms with Crippen LogP contribution in [0, 0.1) is 11.8 Å². The van der Waals surface area contributed by atoms with Crippen molar-refractivity contribution in [3.8, 4) is 0 Å². The van der Waals surface area contributed by atoms with Gasteiger partial charge < -0.3 is 10.8 Å². The molecule has 1 aliphatic carbocycles. The van der Waals surface area contributed by atoms with Crippen molar-refractivity contribution in [2.45, 2.75) is 25.7 Å². The summed E-state index contributed by atoms with van der Waals surface area (Å²) in [7, 11) is 0. The highest BCUT2D eigenvalue weighted by molar-refractivity contribution is 5.76. The summed E-state index contributed by atoms with van der Waals surface area (Å²) in [5.74, 6) is 0.116. The first-order valence-corrected chi connectivity index (χ1v) is 4.14. The molecule has 2 unspecified atom stereocenters. The van der Waals surface area contributed by atoms with Crippen molar-refractivity contribution >= 4 is 5.91 Å². The number of aliphatic hydroxyl groups excluding tert-OH is 1. The van der Waals surface area contributed by atoms with Gasteiger partial charge in [-0.05, 0) is 25.2 Å². The van der Waals surface area contributed by atoms with Crippen LogP contribution in [0.15, 0.2) is 0 Å². The van der Waals surface area contributed by atoms with Gasteiger partial charge in [0.15, 0.2) is 0 Å². The minimum absolute atomic E-state index is 0.0147. The molecule has 3 heteroatoms. The Balaban J connectivity index is 2.39. The van der Waals surface area contributed by atoms with Crippen molar-refractivity contribution in [3.05, 3.63) is 0 Å². The van der Waals surface area contributed by atoms with Gasteiger partial charge in [0, 0.05) is 12.5 Å². The summed E-state index contributed by atoms with van der Waals surface area (Å²) < 4.78 is 0. The van der Waals surface area contributed by atoms with E-state index >= 15 is 0 Å². The first-order chi connectivity index (χ1) is 5.24. The van der Waals surface area contributed by atoms with E-state index in [4.69, 9.17) is 10.8 Å². The molecule has 1 aliphatic rings. The zero-order chi connectivity index (χ0) is 8.27. The zero-order valence-corrected chi connectivity index (χ0v) is 6.62. The van der Waals surface area contributed by atoms with E-state index in [9.17, 15) is 4.79 Å². The molecule has 0 bridgehead atoms. The fourth-order valence-electron chi connectivity index (χ4n) is 1.72. The number of primary amides is 1. The fraction of sp³-hybridized carbons (Fsp3) is 0.875. The van der Waals surface area contributed by atoms with E-state index in [1.807, 2.05) is 0 Å². The third kappa shape index (κ3) is 2.19. The molecule has 0 radical (unpaired) electrons. The third-order valence-corrected chi connectivity index (χ3v) is 2.44. The summed E-state index contributed by atoms with van der Waals surface area (Å²) in [6.07, 6.45) is 3.76. The van der Waals surface area contributed by atoms with Crippen molar-refractivity contribution in [1.29, 1.82) is 0 Å². The van der Waals surface area contributed by atoms with Gasteiger partial charge in [0.05, 0.1) is 0 Å². The first-order valence-electron chi connectivity index (χ1n) is 4.14. The lowest BCUT2D eigenvalue weighted by atomic mass is 9.81. The predicted octanol–water partition coefficient (Wildman–Crippen LogP) is 0.270. The molecule has 1 amide bonds. The standard InChI is InChI=1S/C8H15NO2/c9-8(11)7-3-1-2-6(4-7)5-10/h6-7,10H,1-5H2,(H2,9,11). The van der Waals surface area contributed by atoms with Gasteiger partial charge >= 0.3 is 0 Å². The highest BCUT2D eigenvalue weighted by Gasteiger charge is 2.24. The normalized spacial score (nSPS) is 31.7. The Morgan fingerprint density at radius 2 is 2.27 bits per heavy atom. The summed E-state index contributed by atoms with van der Waals surface area (Å²) in [5.41, 5.74) is 5.16. The van der Waals surface area contributed by atoms with E-state index in [1.54, 1.807) is 0 Å². The van der Waals surface area contributed by atoms with Crippen LogP contribution in [0.4, 0.5) is 0 Å². The summed E-state index contributed by atoms with van der Waals surface area (Å²) in [6.45, 7) is 0.198. The van der Waals surface area contributed by atoms with Gasteiger partial charge in [-0.25, -0.2) is 0 Å². The third-order valence-electron chi connectivity index (χ3n) is 2.44. The van der Waals surface area contributed by atoms with Crippen LogP contribution in [0.25, 0.3) is 0 Å². The Morgan fingerprint density at radius 3 is 2.82 bits per heavy atom. The van der Waals surface area contributed by atoms with Crippen LogP contribution in [-0.2, 0) is 4.79 Å². The largest absolute Gasteiger partial charge is 0.396 e. The minimum Gasteiger partial charge on any atom is -0.396 e. The lowest BCUT2D eigenvalue weighted by Crippen LogP contribution is -2.29. The van der Waals surface area contributed by atoms with Gasteiger partial charge in [-0.3, -0.25) is 4.79 Å². The monoisotopic (exact) mass is 157 g/mol. The molecule has 0 aromatic heterocycles. The molecule has 1 saturated carbocycles. The highest BCUT2D eigenvalue weighted by Crippen LogP contribution is 2.28. The maximum atomic E-state index is 10.8. The summed E-state index contributed by atoms with van der Waals surface area (Å²) in [5, 5.41) is 8.84. The summed E-state index contributed by atoms with van der Waals surface area (Å²) >= 11 is 0. The van der Waals surface area contributed by atoms with Crippen molar-refractivity contribution < 1.29 is 9.90 Å². The first kappa shape index (κ1) is 8.53. The molecule has 0 spiro atoms. The highest BCUT2D eigenvalue weighted by atomic mass is 16.3. The molecule has 3 N–H and O–H groups in total. The van der Waals surface area contributed by atoms with Gasteiger partial charge in [-0.1, -0.05) is 6.42 Å². The quantitative estimate of drug-likeness (QED) is 0.604. The van der Waals surface area contributed by atoms with Crippen LogP contribution >= 0.6 is 0 Å². The number of nitrogens with two attached hydrogens (primary N) is 1. The van der Waals surface area contributed by atoms with Gasteiger partial charge in [0.25, 0.3) is 0 Å². The van der Waals surface area contributed by atoms with E-state index in [2.05, 4.69) is 0 Å². The number of carbonyl (C=O) groups excluding carboxylic acids is 1. The Bertz CT molecular complexity index is 147. The van der Waals surface area contributed by atoms with Gasteiger partial charge in [0.1, 0.15) is 0 Å². The molecule has 0 saturated heterocycles. The minimum atomic E-state index is -0.205. The molecule has 0 aromatic rings. The molecule has 64 valence electrons. The van der Waals surface area contributed by atoms with Crippen LogP contribution in [0.2, 0.25) is 0 Å². The van der Waals surface area contributed by atoms with E-state index in [0.717, 1.165) is 25.7 Å². The predicted molar refractivity (Wildman–Crippen MR) is 41.7 cm³/mol. The maximum absolute atomic E-state index is 10.8. The maximum Gasteiger partial charge on any atom is 0.220 e. The van der Waals surface area contributed by atoms with E-state index in [1.165, 1.54) is 0 Å². The van der Waals surface area contributed by atoms with Crippen LogP contribution in [-0.4, -0.2) is 17.6 Å². The number of amides is 1. The fourth-order valence-corrected chi connectivity index (χ4v) is 1.72. The molecule has 11 heavy (non-hydrogen) atoms. The molecular formula is C8H15NO2. The molecule has 0 heterocycles. The van der Waals surface area contributed by atoms with Crippen LogP contribution < -0.4 is 5.73 Å². The van der Waals surface area contributed by atoms with Gasteiger partial charge in [0.2, 0.25) is 5.91 Å². The number of hydrogen-bond acceptors (Lipinski definition) is 2. The second kappa shape index (κ2) is 3.72. The second-order valence-corrected chi connectivity index (χ2v) is 3.31. The molecule has 3 nitrogen and oxygen atoms in total. The zero-order valence-electron chi connectivity index (χ0n) is 6.62. The molecule has 1 rings (SSSR count). The van der Waals surface area contributed by atoms with E-state index in [-0.39, 0.29) is 18.4 Å². The lowest BCUT2D eigenvalue weighted by molar-refractivity contribution is -0.123. The Hall–Kier alpha value is -0.570. The Labute approximate surface area is 66.6 Å². The van der Waals surface area contributed by atoms with Crippen LogP contribution in [0.1, 0.15) is 25.7 Å². The van der Waals surface area contributed by atoms with Crippen molar-refractivity contribution in [2.75, 3.05) is 6.61 Å². The molecule has 1 fully saturated rings. The van der Waals surface area contributed by atoms with E-state index < -0.39 is 0 Å². The van der Waals surface area contributed by atoms with E-state index in [0.29, 0.717) is 5.92 Å². The average Bonchev–Trinajstić information content (AvgIpc) is 2.05. The van der Waals surface area contributed by atoms with Gasteiger partial charge in [-0.15, -0.1) is 0 Å². The molecule has 0 aromatic carbocycles. The summed E-state index contributed by atoms with van der Waals surface area (Å²) in [4.78, 5) is 10.8. The Morgan fingerprint density at radius 1 is 1.55 bits per heavy atom. The van der Waals surface area contributed by atoms with Crippen LogP contribution in [0.5, 0.6) is 0 Å². The average molecular weight is 157 g/mol. The summed E-state index contributed by atoms with van der Waals surface area (Å²) in [6, 6.07) is 0. The van der Waals surface area contributed by atoms with Gasteiger partial charge in [-0.2, -0.15) is 0 Å². The number of hydrogen-bond donors (Lipinski definition) is 2. The lowest BCUT2D eigenvalue weighted by Gasteiger charge is -2.25. The smallest absolute Gasteiger partial charge is 0.220 e. The SMILES string of the molecule is NC(=O)C1CCCC(CO)C1. The topological polar surface area (TPSA) is 63.3 Å². The molecular weight excluding hydrogens is 142 g/mol. The van der Waals surface area contributed by atoms with Crippen molar-refractivity contribution in [3.63, 3.8) is 0 Å². The Kier molecular flexibility index (Phi) is 2.88. The van der Waals surface area contributed by atoms with Crippen LogP contribution in [0.3, 0.4) is 0 Å². The number of carbonyl (C=O) groups is 1. The number of aliphatic hydroxyl groups is 1. The van der Waals surface area contributed by atoms with Crippen molar-refractivity contribution in [2.24, 2.45) is 17.6 Å². The molecule has 2 atom stereocenters. The second-order valence-electron chi connectivity index (χ2n) is 3.31.